The van der Waals surface area contributed by atoms with Crippen LogP contribution in [0.5, 0.6) is 0 Å². The maximum Gasteiger partial charge on any atom is 0.146 e. The van der Waals surface area contributed by atoms with Crippen LogP contribution in [0.2, 0.25) is 0 Å². The number of hydrogen-bond acceptors (Lipinski definition) is 4. The van der Waals surface area contributed by atoms with Crippen molar-refractivity contribution < 1.29 is 5.11 Å². The average Bonchev–Trinajstić information content (AvgIpc) is 2.85. The second-order valence-corrected chi connectivity index (χ2v) is 4.44. The highest BCUT2D eigenvalue weighted by molar-refractivity contribution is 4.95. The second-order valence-electron chi connectivity index (χ2n) is 4.44. The molecule has 1 saturated carbocycles. The van der Waals surface area contributed by atoms with Gasteiger partial charge in [0.2, 0.25) is 0 Å². The van der Waals surface area contributed by atoms with Crippen molar-refractivity contribution in [1.82, 2.24) is 20.1 Å². The lowest BCUT2D eigenvalue weighted by molar-refractivity contribution is 0.245. The zero-order valence-electron chi connectivity index (χ0n) is 9.11. The lowest BCUT2D eigenvalue weighted by Gasteiger charge is -2.13. The Kier molecular flexibility index (Phi) is 3.02. The molecule has 0 unspecified atom stereocenters. The minimum Gasteiger partial charge on any atom is -0.396 e. The van der Waals surface area contributed by atoms with Gasteiger partial charge in [-0.25, -0.2) is 0 Å². The maximum atomic E-state index is 8.92. The van der Waals surface area contributed by atoms with Crippen molar-refractivity contribution in [3.05, 3.63) is 12.2 Å². The van der Waals surface area contributed by atoms with Gasteiger partial charge in [0.25, 0.3) is 0 Å². The molecule has 15 heavy (non-hydrogen) atoms. The van der Waals surface area contributed by atoms with Gasteiger partial charge < -0.3 is 15.0 Å². The Morgan fingerprint density at radius 2 is 2.40 bits per heavy atom. The quantitative estimate of drug-likeness (QED) is 0.697. The van der Waals surface area contributed by atoms with Crippen LogP contribution in [0.3, 0.4) is 0 Å². The molecule has 0 atom stereocenters. The zero-order chi connectivity index (χ0) is 10.7. The van der Waals surface area contributed by atoms with E-state index in [2.05, 4.69) is 15.5 Å². The van der Waals surface area contributed by atoms with Crippen LogP contribution < -0.4 is 5.32 Å². The van der Waals surface area contributed by atoms with Crippen molar-refractivity contribution in [3.8, 4) is 0 Å². The molecule has 0 aliphatic heterocycles. The normalized spacial score (nSPS) is 18.0. The van der Waals surface area contributed by atoms with Gasteiger partial charge in [-0.3, -0.25) is 0 Å². The van der Waals surface area contributed by atoms with Crippen LogP contribution in [0.15, 0.2) is 6.33 Å². The third-order valence-corrected chi connectivity index (χ3v) is 3.19. The van der Waals surface area contributed by atoms with Gasteiger partial charge in [0.1, 0.15) is 12.2 Å². The van der Waals surface area contributed by atoms with Crippen molar-refractivity contribution in [2.75, 3.05) is 13.2 Å². The molecule has 0 amide bonds. The SMILES string of the molecule is Cn1cnnc1CNCC1(CCO)CC1. The van der Waals surface area contributed by atoms with Crippen LogP contribution in [0.25, 0.3) is 0 Å². The largest absolute Gasteiger partial charge is 0.396 e. The van der Waals surface area contributed by atoms with Crippen LogP contribution in [-0.2, 0) is 13.6 Å². The van der Waals surface area contributed by atoms with E-state index in [9.17, 15) is 0 Å². The Balaban J connectivity index is 1.73. The number of nitrogens with one attached hydrogen (secondary N) is 1. The van der Waals surface area contributed by atoms with E-state index >= 15 is 0 Å². The maximum absolute atomic E-state index is 8.92. The highest BCUT2D eigenvalue weighted by Crippen LogP contribution is 2.47. The second kappa shape index (κ2) is 4.28. The summed E-state index contributed by atoms with van der Waals surface area (Å²) in [4.78, 5) is 0. The van der Waals surface area contributed by atoms with E-state index < -0.39 is 0 Å². The van der Waals surface area contributed by atoms with Crippen molar-refractivity contribution >= 4 is 0 Å². The number of aliphatic hydroxyl groups excluding tert-OH is 1. The summed E-state index contributed by atoms with van der Waals surface area (Å²) in [6.07, 6.45) is 5.09. The number of aliphatic hydroxyl groups is 1. The Bertz CT molecular complexity index is 319. The van der Waals surface area contributed by atoms with Gasteiger partial charge in [-0.1, -0.05) is 0 Å². The monoisotopic (exact) mass is 210 g/mol. The Morgan fingerprint density at radius 1 is 1.60 bits per heavy atom. The summed E-state index contributed by atoms with van der Waals surface area (Å²) >= 11 is 0. The standard InChI is InChI=1S/C10H18N4O/c1-14-8-12-13-9(14)6-11-7-10(2-3-10)4-5-15/h8,11,15H,2-7H2,1H3. The summed E-state index contributed by atoms with van der Waals surface area (Å²) in [6, 6.07) is 0. The molecule has 1 aromatic heterocycles. The van der Waals surface area contributed by atoms with Gasteiger partial charge in [0.15, 0.2) is 0 Å². The van der Waals surface area contributed by atoms with Gasteiger partial charge in [-0.05, 0) is 24.7 Å². The van der Waals surface area contributed by atoms with Gasteiger partial charge in [-0.2, -0.15) is 0 Å². The molecule has 2 rings (SSSR count). The molecule has 1 aromatic rings. The molecule has 0 bridgehead atoms. The van der Waals surface area contributed by atoms with E-state index in [0.717, 1.165) is 25.3 Å². The summed E-state index contributed by atoms with van der Waals surface area (Å²) < 4.78 is 1.92. The molecular weight excluding hydrogens is 192 g/mol. The molecule has 5 heteroatoms. The highest BCUT2D eigenvalue weighted by atomic mass is 16.3. The molecule has 0 aromatic carbocycles. The lowest BCUT2D eigenvalue weighted by atomic mass is 10.0. The molecule has 1 heterocycles. The highest BCUT2D eigenvalue weighted by Gasteiger charge is 2.41. The number of aromatic nitrogens is 3. The van der Waals surface area contributed by atoms with E-state index in [4.69, 9.17) is 5.11 Å². The van der Waals surface area contributed by atoms with E-state index in [-0.39, 0.29) is 0 Å². The fourth-order valence-corrected chi connectivity index (χ4v) is 1.84. The summed E-state index contributed by atoms with van der Waals surface area (Å²) in [5.41, 5.74) is 0.368. The molecule has 5 nitrogen and oxygen atoms in total. The molecule has 0 radical (unpaired) electrons. The molecule has 0 saturated heterocycles. The van der Waals surface area contributed by atoms with E-state index in [1.165, 1.54) is 12.8 Å². The minimum absolute atomic E-state index is 0.297. The smallest absolute Gasteiger partial charge is 0.146 e. The Hall–Kier alpha value is -0.940. The van der Waals surface area contributed by atoms with Crippen molar-refractivity contribution in [1.29, 1.82) is 0 Å². The van der Waals surface area contributed by atoms with Crippen LogP contribution in [0, 0.1) is 5.41 Å². The van der Waals surface area contributed by atoms with Crippen LogP contribution >= 0.6 is 0 Å². The van der Waals surface area contributed by atoms with Crippen LogP contribution in [0.4, 0.5) is 0 Å². The fraction of sp³-hybridized carbons (Fsp3) is 0.800. The number of nitrogens with zero attached hydrogens (tertiary/aromatic N) is 3. The van der Waals surface area contributed by atoms with E-state index in [1.807, 2.05) is 11.6 Å². The summed E-state index contributed by atoms with van der Waals surface area (Å²) in [7, 11) is 1.94. The van der Waals surface area contributed by atoms with Crippen molar-refractivity contribution in [2.24, 2.45) is 12.5 Å². The molecular formula is C10H18N4O. The summed E-state index contributed by atoms with van der Waals surface area (Å²) in [5.74, 6) is 0.954. The first-order chi connectivity index (χ1) is 7.26. The molecule has 1 aliphatic carbocycles. The first-order valence-corrected chi connectivity index (χ1v) is 5.40. The van der Waals surface area contributed by atoms with Gasteiger partial charge in [0, 0.05) is 20.2 Å². The summed E-state index contributed by atoms with van der Waals surface area (Å²) in [6.45, 7) is 2.02. The topological polar surface area (TPSA) is 63.0 Å². The van der Waals surface area contributed by atoms with Gasteiger partial charge in [0.05, 0.1) is 6.54 Å². The average molecular weight is 210 g/mol. The number of aryl methyl sites for hydroxylation is 1. The molecule has 1 aliphatic rings. The molecule has 84 valence electrons. The molecule has 2 N–H and O–H groups in total. The minimum atomic E-state index is 0.297. The van der Waals surface area contributed by atoms with E-state index in [0.29, 0.717) is 12.0 Å². The summed E-state index contributed by atoms with van der Waals surface area (Å²) in [5, 5.41) is 20.1. The van der Waals surface area contributed by atoms with Crippen LogP contribution in [0.1, 0.15) is 25.1 Å². The predicted octanol–water partition coefficient (Wildman–Crippen LogP) is 0.0673. The Morgan fingerprint density at radius 3 is 2.93 bits per heavy atom. The number of rotatable bonds is 6. The van der Waals surface area contributed by atoms with Crippen molar-refractivity contribution in [3.63, 3.8) is 0 Å². The van der Waals surface area contributed by atoms with E-state index in [1.54, 1.807) is 6.33 Å². The lowest BCUT2D eigenvalue weighted by Crippen LogP contribution is -2.25. The zero-order valence-corrected chi connectivity index (χ0v) is 9.11. The van der Waals surface area contributed by atoms with Gasteiger partial charge >= 0.3 is 0 Å². The third-order valence-electron chi connectivity index (χ3n) is 3.19. The van der Waals surface area contributed by atoms with Gasteiger partial charge in [-0.15, -0.1) is 10.2 Å². The first-order valence-electron chi connectivity index (χ1n) is 5.40. The molecule has 0 spiro atoms. The Labute approximate surface area is 89.5 Å². The molecule has 1 fully saturated rings. The number of hydrogen-bond donors (Lipinski definition) is 2. The predicted molar refractivity (Wildman–Crippen MR) is 56.1 cm³/mol. The van der Waals surface area contributed by atoms with Crippen molar-refractivity contribution in [2.45, 2.75) is 25.8 Å². The third kappa shape index (κ3) is 2.54. The first kappa shape index (κ1) is 10.6. The van der Waals surface area contributed by atoms with Crippen LogP contribution in [-0.4, -0.2) is 33.0 Å². The fourth-order valence-electron chi connectivity index (χ4n) is 1.84.